The first-order valence-corrected chi connectivity index (χ1v) is 2.85. The van der Waals surface area contributed by atoms with E-state index < -0.39 is 6.17 Å². The molecule has 0 saturated carbocycles. The Balaban J connectivity index is 2.93. The number of hydrogen-bond acceptors (Lipinski definition) is 0. The maximum absolute atomic E-state index is 12.0. The fraction of sp³-hybridized carbons (Fsp3) is 0.571. The molecule has 0 aliphatic rings. The zero-order valence-electron chi connectivity index (χ0n) is 5.23. The molecule has 1 unspecified atom stereocenters. The van der Waals surface area contributed by atoms with E-state index in [4.69, 9.17) is 0 Å². The quantitative estimate of drug-likeness (QED) is 0.530. The zero-order chi connectivity index (χ0) is 6.41. The van der Waals surface area contributed by atoms with Crippen molar-refractivity contribution < 1.29 is 4.39 Å². The third-order valence-corrected chi connectivity index (χ3v) is 0.898. The fourth-order valence-electron chi connectivity index (χ4n) is 0.444. The molecule has 0 aromatic heterocycles. The van der Waals surface area contributed by atoms with Crippen molar-refractivity contribution in [3.63, 3.8) is 0 Å². The Morgan fingerprint density at radius 1 is 1.75 bits per heavy atom. The zero-order valence-corrected chi connectivity index (χ0v) is 5.23. The van der Waals surface area contributed by atoms with Crippen LogP contribution in [0.3, 0.4) is 0 Å². The highest BCUT2D eigenvalue weighted by molar-refractivity contribution is 4.83. The van der Waals surface area contributed by atoms with Crippen LogP contribution < -0.4 is 0 Å². The predicted molar refractivity (Wildman–Crippen MR) is 34.3 cm³/mol. The van der Waals surface area contributed by atoms with Crippen LogP contribution in [0.4, 0.5) is 4.39 Å². The van der Waals surface area contributed by atoms with Crippen LogP contribution in [-0.4, -0.2) is 6.17 Å². The molecule has 0 aromatic carbocycles. The Hall–Kier alpha value is -0.330. The lowest BCUT2D eigenvalue weighted by Gasteiger charge is -1.93. The lowest BCUT2D eigenvalue weighted by molar-refractivity contribution is 0.343. The minimum atomic E-state index is -0.675. The van der Waals surface area contributed by atoms with Crippen molar-refractivity contribution in [1.82, 2.24) is 0 Å². The van der Waals surface area contributed by atoms with Crippen LogP contribution in [0.15, 0.2) is 12.2 Å². The van der Waals surface area contributed by atoms with Crippen LogP contribution in [0.25, 0.3) is 0 Å². The van der Waals surface area contributed by atoms with E-state index in [0.29, 0.717) is 6.42 Å². The number of hydrogen-bond donors (Lipinski definition) is 0. The smallest absolute Gasteiger partial charge is 0.0976 e. The maximum atomic E-state index is 12.0. The summed E-state index contributed by atoms with van der Waals surface area (Å²) in [5.74, 6) is 0. The van der Waals surface area contributed by atoms with Gasteiger partial charge in [-0.25, -0.2) is 4.39 Å². The Kier molecular flexibility index (Phi) is 4.62. The lowest BCUT2D eigenvalue weighted by Crippen LogP contribution is -1.88. The Morgan fingerprint density at radius 2 is 2.38 bits per heavy atom. The Morgan fingerprint density at radius 3 is 2.75 bits per heavy atom. The van der Waals surface area contributed by atoms with Crippen LogP contribution in [0, 0.1) is 6.92 Å². The minimum Gasteiger partial charge on any atom is -0.248 e. The maximum Gasteiger partial charge on any atom is 0.0976 e. The number of alkyl halides is 1. The van der Waals surface area contributed by atoms with Crippen molar-refractivity contribution in [2.75, 3.05) is 0 Å². The first-order valence-electron chi connectivity index (χ1n) is 2.85. The van der Waals surface area contributed by atoms with Crippen LogP contribution in [0.5, 0.6) is 0 Å². The second-order valence-electron chi connectivity index (χ2n) is 1.83. The van der Waals surface area contributed by atoms with E-state index in [2.05, 4.69) is 6.92 Å². The van der Waals surface area contributed by atoms with E-state index in [0.717, 1.165) is 6.42 Å². The van der Waals surface area contributed by atoms with E-state index in [9.17, 15) is 4.39 Å². The molecule has 1 radical (unpaired) electrons. The topological polar surface area (TPSA) is 0 Å². The molecule has 0 amide bonds. The summed E-state index contributed by atoms with van der Waals surface area (Å²) < 4.78 is 12.0. The second-order valence-corrected chi connectivity index (χ2v) is 1.83. The van der Waals surface area contributed by atoms with Gasteiger partial charge in [-0.2, -0.15) is 0 Å². The van der Waals surface area contributed by atoms with Gasteiger partial charge in [-0.3, -0.25) is 0 Å². The number of allylic oxidation sites excluding steroid dienone is 2. The summed E-state index contributed by atoms with van der Waals surface area (Å²) >= 11 is 0. The van der Waals surface area contributed by atoms with Crippen molar-refractivity contribution in [3.8, 4) is 0 Å². The van der Waals surface area contributed by atoms with Crippen LogP contribution in [-0.2, 0) is 0 Å². The average molecular weight is 115 g/mol. The molecule has 0 rings (SSSR count). The van der Waals surface area contributed by atoms with Crippen molar-refractivity contribution in [2.45, 2.75) is 25.9 Å². The van der Waals surface area contributed by atoms with Gasteiger partial charge in [-0.1, -0.05) is 12.2 Å². The van der Waals surface area contributed by atoms with E-state index in [1.807, 2.05) is 6.08 Å². The standard InChI is InChI=1S/C7H12F/c1-3-4-5-6-7(2)8/h3-4,7H,1,5-6H2,2H3. The first-order chi connectivity index (χ1) is 3.77. The Labute approximate surface area is 50.4 Å². The van der Waals surface area contributed by atoms with Gasteiger partial charge in [-0.15, -0.1) is 0 Å². The molecule has 0 saturated heterocycles. The lowest BCUT2D eigenvalue weighted by atomic mass is 10.2. The second kappa shape index (κ2) is 4.82. The van der Waals surface area contributed by atoms with Gasteiger partial charge in [0.2, 0.25) is 0 Å². The molecule has 0 aliphatic heterocycles. The summed E-state index contributed by atoms with van der Waals surface area (Å²) in [5.41, 5.74) is 0. The van der Waals surface area contributed by atoms with E-state index in [-0.39, 0.29) is 0 Å². The van der Waals surface area contributed by atoms with Gasteiger partial charge in [0.25, 0.3) is 0 Å². The average Bonchev–Trinajstić information content (AvgIpc) is 1.66. The third kappa shape index (κ3) is 5.67. The largest absolute Gasteiger partial charge is 0.248 e. The highest BCUT2D eigenvalue weighted by atomic mass is 19.1. The van der Waals surface area contributed by atoms with E-state index >= 15 is 0 Å². The highest BCUT2D eigenvalue weighted by Gasteiger charge is 1.92. The summed E-state index contributed by atoms with van der Waals surface area (Å²) in [5, 5.41) is 0. The summed E-state index contributed by atoms with van der Waals surface area (Å²) in [6.45, 7) is 5.05. The molecule has 0 spiro atoms. The van der Waals surface area contributed by atoms with Crippen LogP contribution in [0.2, 0.25) is 0 Å². The minimum absolute atomic E-state index is 0.617. The van der Waals surface area contributed by atoms with Gasteiger partial charge in [0, 0.05) is 0 Å². The summed E-state index contributed by atoms with van der Waals surface area (Å²) in [6.07, 6.45) is 4.32. The van der Waals surface area contributed by atoms with E-state index in [1.165, 1.54) is 0 Å². The normalized spacial score (nSPS) is 14.9. The molecule has 1 atom stereocenters. The molecular weight excluding hydrogens is 103 g/mol. The number of rotatable bonds is 3. The number of halogens is 1. The third-order valence-electron chi connectivity index (χ3n) is 0.898. The van der Waals surface area contributed by atoms with Gasteiger partial charge in [0.05, 0.1) is 6.17 Å². The van der Waals surface area contributed by atoms with Gasteiger partial charge in [-0.05, 0) is 26.7 Å². The first kappa shape index (κ1) is 7.67. The molecule has 0 nitrogen and oxygen atoms in total. The van der Waals surface area contributed by atoms with Crippen molar-refractivity contribution in [1.29, 1.82) is 0 Å². The molecule has 0 N–H and O–H groups in total. The molecule has 0 aliphatic carbocycles. The molecule has 0 bridgehead atoms. The van der Waals surface area contributed by atoms with Gasteiger partial charge < -0.3 is 0 Å². The Bertz CT molecular complexity index is 64.8. The summed E-state index contributed by atoms with van der Waals surface area (Å²) in [4.78, 5) is 0. The van der Waals surface area contributed by atoms with E-state index in [1.54, 1.807) is 13.0 Å². The fourth-order valence-corrected chi connectivity index (χ4v) is 0.444. The summed E-state index contributed by atoms with van der Waals surface area (Å²) in [7, 11) is 0. The molecule has 0 aromatic rings. The molecule has 0 heterocycles. The molecule has 1 heteroatoms. The van der Waals surface area contributed by atoms with Gasteiger partial charge in [0.1, 0.15) is 0 Å². The van der Waals surface area contributed by atoms with Crippen molar-refractivity contribution in [3.05, 3.63) is 19.1 Å². The highest BCUT2D eigenvalue weighted by Crippen LogP contribution is 1.99. The predicted octanol–water partition coefficient (Wildman–Crippen LogP) is 2.51. The summed E-state index contributed by atoms with van der Waals surface area (Å²) in [6, 6.07) is 0. The van der Waals surface area contributed by atoms with Crippen LogP contribution >= 0.6 is 0 Å². The monoisotopic (exact) mass is 115 g/mol. The van der Waals surface area contributed by atoms with Crippen molar-refractivity contribution in [2.24, 2.45) is 0 Å². The van der Waals surface area contributed by atoms with Crippen LogP contribution in [0.1, 0.15) is 19.8 Å². The molecule has 0 fully saturated rings. The van der Waals surface area contributed by atoms with Gasteiger partial charge in [0.15, 0.2) is 0 Å². The SMILES string of the molecule is [CH2]C=CCCC(C)F. The molecule has 47 valence electrons. The van der Waals surface area contributed by atoms with Crippen molar-refractivity contribution >= 4 is 0 Å². The molecule has 8 heavy (non-hydrogen) atoms. The molecular formula is C7H12F. The van der Waals surface area contributed by atoms with Gasteiger partial charge >= 0.3 is 0 Å².